The molecule has 0 aromatic carbocycles. The fraction of sp³-hybridized carbons (Fsp3) is 0.538. The van der Waals surface area contributed by atoms with E-state index in [2.05, 4.69) is 36.7 Å². The second-order valence-corrected chi connectivity index (χ2v) is 5.30. The normalized spacial score (nSPS) is 16.9. The molecule has 0 atom stereocenters. The SMILES string of the molecule is Cc1cc(C#CCN2CCOCC2)sc1C. The Kier molecular flexibility index (Phi) is 4.00. The van der Waals surface area contributed by atoms with Crippen molar-refractivity contribution in [2.75, 3.05) is 32.8 Å². The van der Waals surface area contributed by atoms with Crippen molar-refractivity contribution in [3.63, 3.8) is 0 Å². The van der Waals surface area contributed by atoms with Crippen LogP contribution in [0.2, 0.25) is 0 Å². The van der Waals surface area contributed by atoms with Gasteiger partial charge in [-0.25, -0.2) is 0 Å². The summed E-state index contributed by atoms with van der Waals surface area (Å²) in [5, 5.41) is 0. The molecule has 16 heavy (non-hydrogen) atoms. The zero-order chi connectivity index (χ0) is 11.4. The number of thiophene rings is 1. The molecule has 3 heteroatoms. The molecule has 1 aliphatic rings. The Labute approximate surface area is 101 Å². The number of nitrogens with zero attached hydrogens (tertiary/aromatic N) is 1. The van der Waals surface area contributed by atoms with Crippen molar-refractivity contribution in [1.29, 1.82) is 0 Å². The van der Waals surface area contributed by atoms with Crippen molar-refractivity contribution in [2.45, 2.75) is 13.8 Å². The Hall–Kier alpha value is -0.820. The van der Waals surface area contributed by atoms with E-state index in [0.717, 1.165) is 32.8 Å². The van der Waals surface area contributed by atoms with Crippen LogP contribution in [0.3, 0.4) is 0 Å². The molecule has 0 radical (unpaired) electrons. The molecular formula is C13H17NOS. The molecule has 0 amide bonds. The average Bonchev–Trinajstić information content (AvgIpc) is 2.60. The van der Waals surface area contributed by atoms with Crippen LogP contribution < -0.4 is 0 Å². The van der Waals surface area contributed by atoms with Gasteiger partial charge >= 0.3 is 0 Å². The van der Waals surface area contributed by atoms with Gasteiger partial charge in [-0.3, -0.25) is 4.90 Å². The molecule has 0 unspecified atom stereocenters. The lowest BCUT2D eigenvalue weighted by atomic mass is 10.3. The standard InChI is InChI=1S/C13H17NOS/c1-11-10-13(16-12(11)2)4-3-5-14-6-8-15-9-7-14/h10H,5-9H2,1-2H3. The maximum Gasteiger partial charge on any atom is 0.0774 e. The monoisotopic (exact) mass is 235 g/mol. The van der Waals surface area contributed by atoms with E-state index in [-0.39, 0.29) is 0 Å². The summed E-state index contributed by atoms with van der Waals surface area (Å²) in [5.74, 6) is 6.48. The van der Waals surface area contributed by atoms with E-state index in [1.807, 2.05) is 0 Å². The molecule has 2 nitrogen and oxygen atoms in total. The highest BCUT2D eigenvalue weighted by atomic mass is 32.1. The Morgan fingerprint density at radius 1 is 1.38 bits per heavy atom. The van der Waals surface area contributed by atoms with Gasteiger partial charge in [0.1, 0.15) is 0 Å². The van der Waals surface area contributed by atoms with Gasteiger partial charge in [-0.1, -0.05) is 11.8 Å². The molecule has 2 heterocycles. The highest BCUT2D eigenvalue weighted by Crippen LogP contribution is 2.19. The first-order valence-electron chi connectivity index (χ1n) is 5.62. The van der Waals surface area contributed by atoms with Crippen molar-refractivity contribution in [3.05, 3.63) is 21.4 Å². The van der Waals surface area contributed by atoms with Gasteiger partial charge in [0.2, 0.25) is 0 Å². The van der Waals surface area contributed by atoms with Crippen LogP contribution >= 0.6 is 11.3 Å². The molecule has 0 saturated carbocycles. The largest absolute Gasteiger partial charge is 0.379 e. The Balaban J connectivity index is 1.89. The molecular weight excluding hydrogens is 218 g/mol. The van der Waals surface area contributed by atoms with Crippen molar-refractivity contribution >= 4 is 11.3 Å². The van der Waals surface area contributed by atoms with E-state index in [4.69, 9.17) is 4.74 Å². The smallest absolute Gasteiger partial charge is 0.0774 e. The lowest BCUT2D eigenvalue weighted by Crippen LogP contribution is -2.36. The Morgan fingerprint density at radius 2 is 2.12 bits per heavy atom. The molecule has 0 bridgehead atoms. The lowest BCUT2D eigenvalue weighted by molar-refractivity contribution is 0.0443. The van der Waals surface area contributed by atoms with Gasteiger partial charge in [0, 0.05) is 18.0 Å². The van der Waals surface area contributed by atoms with Crippen molar-refractivity contribution in [1.82, 2.24) is 4.90 Å². The topological polar surface area (TPSA) is 12.5 Å². The van der Waals surface area contributed by atoms with E-state index in [1.165, 1.54) is 15.3 Å². The van der Waals surface area contributed by atoms with E-state index in [9.17, 15) is 0 Å². The zero-order valence-corrected chi connectivity index (χ0v) is 10.7. The first-order chi connectivity index (χ1) is 7.75. The fourth-order valence-corrected chi connectivity index (χ4v) is 2.54. The first-order valence-corrected chi connectivity index (χ1v) is 6.43. The summed E-state index contributed by atoms with van der Waals surface area (Å²) in [6, 6.07) is 2.17. The van der Waals surface area contributed by atoms with Gasteiger partial charge in [-0.2, -0.15) is 0 Å². The van der Waals surface area contributed by atoms with E-state index >= 15 is 0 Å². The highest BCUT2D eigenvalue weighted by Gasteiger charge is 2.07. The summed E-state index contributed by atoms with van der Waals surface area (Å²) in [4.78, 5) is 4.89. The van der Waals surface area contributed by atoms with Crippen LogP contribution in [-0.2, 0) is 4.74 Å². The number of morpholine rings is 1. The maximum atomic E-state index is 5.30. The summed E-state index contributed by atoms with van der Waals surface area (Å²) in [5.41, 5.74) is 1.35. The van der Waals surface area contributed by atoms with Crippen molar-refractivity contribution < 1.29 is 4.74 Å². The van der Waals surface area contributed by atoms with E-state index in [1.54, 1.807) is 11.3 Å². The third-order valence-electron chi connectivity index (χ3n) is 2.78. The van der Waals surface area contributed by atoms with Gasteiger partial charge in [0.05, 0.1) is 24.6 Å². The predicted octanol–water partition coefficient (Wildman–Crippen LogP) is 2.05. The second-order valence-electron chi connectivity index (χ2n) is 4.04. The molecule has 0 aliphatic carbocycles. The minimum Gasteiger partial charge on any atom is -0.379 e. The molecule has 1 aromatic rings. The second kappa shape index (κ2) is 5.49. The molecule has 1 saturated heterocycles. The van der Waals surface area contributed by atoms with Crippen molar-refractivity contribution in [3.8, 4) is 11.8 Å². The molecule has 1 aliphatic heterocycles. The molecule has 1 aromatic heterocycles. The summed E-state index contributed by atoms with van der Waals surface area (Å²) < 4.78 is 5.30. The quantitative estimate of drug-likeness (QED) is 0.691. The van der Waals surface area contributed by atoms with Crippen LogP contribution in [0.1, 0.15) is 15.3 Å². The van der Waals surface area contributed by atoms with Gasteiger partial charge in [0.25, 0.3) is 0 Å². The minimum absolute atomic E-state index is 0.846. The summed E-state index contributed by atoms with van der Waals surface area (Å²) in [6.45, 7) is 8.86. The number of hydrogen-bond acceptors (Lipinski definition) is 3. The van der Waals surface area contributed by atoms with E-state index < -0.39 is 0 Å². The summed E-state index contributed by atoms with van der Waals surface area (Å²) >= 11 is 1.78. The van der Waals surface area contributed by atoms with Gasteiger partial charge in [-0.15, -0.1) is 11.3 Å². The van der Waals surface area contributed by atoms with Crippen LogP contribution in [0.5, 0.6) is 0 Å². The minimum atomic E-state index is 0.846. The highest BCUT2D eigenvalue weighted by molar-refractivity contribution is 7.12. The average molecular weight is 235 g/mol. The molecule has 1 fully saturated rings. The third-order valence-corrected chi connectivity index (χ3v) is 3.85. The molecule has 0 spiro atoms. The Morgan fingerprint density at radius 3 is 2.75 bits per heavy atom. The van der Waals surface area contributed by atoms with E-state index in [0.29, 0.717) is 0 Å². The van der Waals surface area contributed by atoms with Crippen LogP contribution in [0.25, 0.3) is 0 Å². The maximum absolute atomic E-state index is 5.30. The molecule has 0 N–H and O–H groups in total. The number of hydrogen-bond donors (Lipinski definition) is 0. The lowest BCUT2D eigenvalue weighted by Gasteiger charge is -2.24. The fourth-order valence-electron chi connectivity index (χ4n) is 1.63. The summed E-state index contributed by atoms with van der Waals surface area (Å²) in [6.07, 6.45) is 0. The predicted molar refractivity (Wildman–Crippen MR) is 67.9 cm³/mol. The van der Waals surface area contributed by atoms with Crippen LogP contribution in [0, 0.1) is 25.7 Å². The zero-order valence-electron chi connectivity index (χ0n) is 9.88. The van der Waals surface area contributed by atoms with Crippen molar-refractivity contribution in [2.24, 2.45) is 0 Å². The van der Waals surface area contributed by atoms with Crippen LogP contribution in [0.4, 0.5) is 0 Å². The molecule has 2 rings (SSSR count). The van der Waals surface area contributed by atoms with Crippen LogP contribution in [-0.4, -0.2) is 37.7 Å². The van der Waals surface area contributed by atoms with Crippen LogP contribution in [0.15, 0.2) is 6.07 Å². The molecule has 86 valence electrons. The van der Waals surface area contributed by atoms with Gasteiger partial charge < -0.3 is 4.74 Å². The summed E-state index contributed by atoms with van der Waals surface area (Å²) in [7, 11) is 0. The van der Waals surface area contributed by atoms with Gasteiger partial charge in [0.15, 0.2) is 0 Å². The number of aryl methyl sites for hydroxylation is 2. The Bertz CT molecular complexity index is 388. The third kappa shape index (κ3) is 3.08. The van der Waals surface area contributed by atoms with Gasteiger partial charge in [-0.05, 0) is 25.5 Å². The number of ether oxygens (including phenoxy) is 1. The number of rotatable bonds is 1. The first kappa shape index (κ1) is 11.7.